The summed E-state index contributed by atoms with van der Waals surface area (Å²) in [6.07, 6.45) is 0.983. The van der Waals surface area contributed by atoms with Gasteiger partial charge < -0.3 is 4.90 Å². The number of hydrogen-bond acceptors (Lipinski definition) is 4. The van der Waals surface area contributed by atoms with Crippen LogP contribution in [0.1, 0.15) is 10.4 Å². The van der Waals surface area contributed by atoms with Crippen LogP contribution in [0, 0.1) is 0 Å². The number of carbonyl (C=O) groups is 1. The molecule has 0 spiro atoms. The van der Waals surface area contributed by atoms with E-state index in [0.29, 0.717) is 6.54 Å². The second-order valence-electron chi connectivity index (χ2n) is 6.56. The molecular weight excluding hydrogens is 318 g/mol. The Morgan fingerprint density at radius 3 is 2.54 bits per heavy atom. The second kappa shape index (κ2) is 7.05. The van der Waals surface area contributed by atoms with Crippen molar-refractivity contribution in [2.45, 2.75) is 13.0 Å². The number of anilines is 1. The van der Waals surface area contributed by atoms with Gasteiger partial charge in [-0.1, -0.05) is 24.3 Å². The molecule has 0 bridgehead atoms. The highest BCUT2D eigenvalue weighted by Crippen LogP contribution is 2.27. The first-order valence-corrected chi connectivity index (χ1v) is 9.53. The van der Waals surface area contributed by atoms with Gasteiger partial charge in [-0.05, 0) is 29.5 Å². The van der Waals surface area contributed by atoms with Gasteiger partial charge in [0.25, 0.3) is 0 Å². The van der Waals surface area contributed by atoms with Crippen LogP contribution in [0.2, 0.25) is 0 Å². The molecule has 2 aliphatic heterocycles. The third-order valence-electron chi connectivity index (χ3n) is 4.97. The molecule has 0 radical (unpaired) electrons. The highest BCUT2D eigenvalue weighted by Gasteiger charge is 2.26. The summed E-state index contributed by atoms with van der Waals surface area (Å²) in [6.45, 7) is 6.46. The van der Waals surface area contributed by atoms with E-state index < -0.39 is 0 Å². The number of thiophene rings is 1. The Balaban J connectivity index is 1.29. The number of benzene rings is 1. The van der Waals surface area contributed by atoms with E-state index in [-0.39, 0.29) is 5.91 Å². The fraction of sp³-hybridized carbons (Fsp3) is 0.421. The molecule has 2 aromatic rings. The average Bonchev–Trinajstić information content (AvgIpc) is 3.26. The van der Waals surface area contributed by atoms with Crippen LogP contribution < -0.4 is 4.90 Å². The van der Waals surface area contributed by atoms with E-state index in [9.17, 15) is 4.79 Å². The van der Waals surface area contributed by atoms with Gasteiger partial charge in [0.1, 0.15) is 0 Å². The first-order chi connectivity index (χ1) is 11.8. The molecule has 2 aliphatic rings. The smallest absolute Gasteiger partial charge is 0.241 e. The molecule has 1 aromatic carbocycles. The Kier molecular flexibility index (Phi) is 4.65. The summed E-state index contributed by atoms with van der Waals surface area (Å²) in [5.74, 6) is 0.242. The van der Waals surface area contributed by atoms with E-state index in [1.807, 2.05) is 22.3 Å². The molecule has 1 fully saturated rings. The molecule has 0 saturated carbocycles. The monoisotopic (exact) mass is 341 g/mol. The highest BCUT2D eigenvalue weighted by molar-refractivity contribution is 7.09. The summed E-state index contributed by atoms with van der Waals surface area (Å²) in [5.41, 5.74) is 2.41. The lowest BCUT2D eigenvalue weighted by atomic mass is 10.2. The zero-order valence-corrected chi connectivity index (χ0v) is 14.7. The summed E-state index contributed by atoms with van der Waals surface area (Å²) in [7, 11) is 0. The van der Waals surface area contributed by atoms with Crippen LogP contribution in [0.3, 0.4) is 0 Å². The van der Waals surface area contributed by atoms with E-state index in [1.54, 1.807) is 0 Å². The van der Waals surface area contributed by atoms with Crippen molar-refractivity contribution in [2.24, 2.45) is 0 Å². The van der Waals surface area contributed by atoms with Crippen molar-refractivity contribution in [3.05, 3.63) is 52.2 Å². The molecule has 4 rings (SSSR count). The van der Waals surface area contributed by atoms with Crippen LogP contribution in [0.4, 0.5) is 5.69 Å². The van der Waals surface area contributed by atoms with Gasteiger partial charge in [0.05, 0.1) is 6.54 Å². The molecule has 0 unspecified atom stereocenters. The molecule has 0 aliphatic carbocycles. The van der Waals surface area contributed by atoms with Gasteiger partial charge in [-0.25, -0.2) is 0 Å². The minimum atomic E-state index is 0.242. The number of carbonyl (C=O) groups excluding carboxylic acids is 1. The third-order valence-corrected chi connectivity index (χ3v) is 5.83. The van der Waals surface area contributed by atoms with Crippen LogP contribution in [0.25, 0.3) is 0 Å². The number of nitrogens with zero attached hydrogens (tertiary/aromatic N) is 3. The second-order valence-corrected chi connectivity index (χ2v) is 7.59. The van der Waals surface area contributed by atoms with Crippen LogP contribution in [-0.4, -0.2) is 55.0 Å². The van der Waals surface area contributed by atoms with Gasteiger partial charge in [-0.3, -0.25) is 14.6 Å². The summed E-state index contributed by atoms with van der Waals surface area (Å²) < 4.78 is 0. The van der Waals surface area contributed by atoms with E-state index >= 15 is 0 Å². The molecule has 126 valence electrons. The van der Waals surface area contributed by atoms with Crippen molar-refractivity contribution in [2.75, 3.05) is 44.2 Å². The maximum absolute atomic E-state index is 12.7. The largest absolute Gasteiger partial charge is 0.311 e. The number of para-hydroxylation sites is 1. The minimum Gasteiger partial charge on any atom is -0.311 e. The zero-order chi connectivity index (χ0) is 16.4. The lowest BCUT2D eigenvalue weighted by Gasteiger charge is -2.34. The normalized spacial score (nSPS) is 18.8. The van der Waals surface area contributed by atoms with Gasteiger partial charge >= 0.3 is 0 Å². The Labute approximate surface area is 147 Å². The van der Waals surface area contributed by atoms with E-state index in [4.69, 9.17) is 0 Å². The molecule has 24 heavy (non-hydrogen) atoms. The van der Waals surface area contributed by atoms with E-state index in [1.165, 1.54) is 10.4 Å². The molecule has 0 N–H and O–H groups in total. The number of hydrogen-bond donors (Lipinski definition) is 0. The summed E-state index contributed by atoms with van der Waals surface area (Å²) in [5, 5.41) is 2.14. The summed E-state index contributed by atoms with van der Waals surface area (Å²) >= 11 is 1.82. The molecule has 3 heterocycles. The van der Waals surface area contributed by atoms with Crippen molar-refractivity contribution in [1.29, 1.82) is 0 Å². The van der Waals surface area contributed by atoms with Crippen LogP contribution in [-0.2, 0) is 17.8 Å². The number of amides is 1. The van der Waals surface area contributed by atoms with Crippen molar-refractivity contribution >= 4 is 22.9 Å². The zero-order valence-electron chi connectivity index (χ0n) is 13.9. The lowest BCUT2D eigenvalue weighted by molar-refractivity contribution is -0.120. The Morgan fingerprint density at radius 2 is 1.75 bits per heavy atom. The Morgan fingerprint density at radius 1 is 0.958 bits per heavy atom. The first-order valence-electron chi connectivity index (χ1n) is 8.65. The maximum Gasteiger partial charge on any atom is 0.241 e. The van der Waals surface area contributed by atoms with Crippen molar-refractivity contribution < 1.29 is 4.79 Å². The fourth-order valence-corrected chi connectivity index (χ4v) is 4.35. The van der Waals surface area contributed by atoms with E-state index in [2.05, 4.69) is 45.5 Å². The standard InChI is InChI=1S/C19H23N3OS/c23-19(22-8-7-16-4-1-2-6-18(16)22)15-21-11-9-20(10-12-21)14-17-5-3-13-24-17/h1-6,13H,7-12,14-15H2. The van der Waals surface area contributed by atoms with Crippen LogP contribution in [0.15, 0.2) is 41.8 Å². The molecule has 1 amide bonds. The average molecular weight is 341 g/mol. The van der Waals surface area contributed by atoms with Gasteiger partial charge in [0.2, 0.25) is 5.91 Å². The van der Waals surface area contributed by atoms with Gasteiger partial charge in [0, 0.05) is 49.8 Å². The highest BCUT2D eigenvalue weighted by atomic mass is 32.1. The minimum absolute atomic E-state index is 0.242. The van der Waals surface area contributed by atoms with Gasteiger partial charge in [-0.2, -0.15) is 0 Å². The molecule has 0 atom stereocenters. The predicted molar refractivity (Wildman–Crippen MR) is 98.5 cm³/mol. The van der Waals surface area contributed by atoms with Crippen LogP contribution >= 0.6 is 11.3 Å². The Bertz CT molecular complexity index is 692. The van der Waals surface area contributed by atoms with Crippen molar-refractivity contribution in [3.63, 3.8) is 0 Å². The number of rotatable bonds is 4. The molecular formula is C19H23N3OS. The topological polar surface area (TPSA) is 26.8 Å². The summed E-state index contributed by atoms with van der Waals surface area (Å²) in [4.78, 5) is 20.9. The fourth-order valence-electron chi connectivity index (χ4n) is 3.60. The summed E-state index contributed by atoms with van der Waals surface area (Å²) in [6, 6.07) is 12.6. The number of fused-ring (bicyclic) bond motifs is 1. The van der Waals surface area contributed by atoms with Crippen LogP contribution in [0.5, 0.6) is 0 Å². The molecule has 5 heteroatoms. The van der Waals surface area contributed by atoms with Crippen molar-refractivity contribution in [3.8, 4) is 0 Å². The van der Waals surface area contributed by atoms with Gasteiger partial charge in [-0.15, -0.1) is 11.3 Å². The first kappa shape index (κ1) is 15.8. The molecule has 1 saturated heterocycles. The maximum atomic E-state index is 12.7. The quantitative estimate of drug-likeness (QED) is 0.855. The lowest BCUT2D eigenvalue weighted by Crippen LogP contribution is -2.49. The third kappa shape index (κ3) is 3.38. The Hall–Kier alpha value is -1.69. The van der Waals surface area contributed by atoms with E-state index in [0.717, 1.165) is 51.4 Å². The number of piperazine rings is 1. The molecule has 4 nitrogen and oxygen atoms in total. The van der Waals surface area contributed by atoms with Crippen molar-refractivity contribution in [1.82, 2.24) is 9.80 Å². The predicted octanol–water partition coefficient (Wildman–Crippen LogP) is 2.46. The molecule has 1 aromatic heterocycles. The van der Waals surface area contributed by atoms with Gasteiger partial charge in [0.15, 0.2) is 0 Å². The SMILES string of the molecule is O=C(CN1CCN(Cc2cccs2)CC1)N1CCc2ccccc21.